The molecule has 3 unspecified atom stereocenters. The number of rotatable bonds is 3. The molecule has 1 aromatic carbocycles. The zero-order chi connectivity index (χ0) is 11.5. The van der Waals surface area contributed by atoms with Gasteiger partial charge >= 0.3 is 0 Å². The molecule has 17 heavy (non-hydrogen) atoms. The fourth-order valence-electron chi connectivity index (χ4n) is 2.08. The zero-order valence-corrected chi connectivity index (χ0v) is 10.3. The predicted molar refractivity (Wildman–Crippen MR) is 66.3 cm³/mol. The van der Waals surface area contributed by atoms with E-state index in [1.807, 2.05) is 0 Å². The Morgan fingerprint density at radius 3 is 2.53 bits per heavy atom. The minimum Gasteiger partial charge on any atom is -0.383 e. The average molecular weight is 262 g/mol. The Morgan fingerprint density at radius 2 is 1.94 bits per heavy atom. The largest absolute Gasteiger partial charge is 0.383 e. The summed E-state index contributed by atoms with van der Waals surface area (Å²) in [6.07, 6.45) is -0.189. The number of methoxy groups -OCH3 is 1. The average Bonchev–Trinajstić information content (AvgIpc) is 2.62. The molecule has 4 nitrogen and oxygen atoms in total. The molecule has 6 heteroatoms. The molecule has 1 heterocycles. The number of nitrogens with one attached hydrogen (secondary N) is 2. The Bertz CT molecular complexity index is 347. The molecule has 0 amide bonds. The fraction of sp³-hybridized carbons (Fsp3) is 0.455. The van der Waals surface area contributed by atoms with E-state index in [-0.39, 0.29) is 36.3 Å². The van der Waals surface area contributed by atoms with E-state index in [0.717, 1.165) is 5.56 Å². The highest BCUT2D eigenvalue weighted by Gasteiger charge is 2.34. The van der Waals surface area contributed by atoms with E-state index in [9.17, 15) is 4.39 Å². The molecule has 0 bridgehead atoms. The van der Waals surface area contributed by atoms with Crippen LogP contribution in [0.25, 0.3) is 0 Å². The normalized spacial score (nSPS) is 27.8. The van der Waals surface area contributed by atoms with Crippen molar-refractivity contribution in [3.63, 3.8) is 0 Å². The van der Waals surface area contributed by atoms with Gasteiger partial charge in [0.2, 0.25) is 0 Å². The summed E-state index contributed by atoms with van der Waals surface area (Å²) in [4.78, 5) is 0. The van der Waals surface area contributed by atoms with Crippen molar-refractivity contribution in [2.45, 2.75) is 18.1 Å². The molecule has 1 saturated heterocycles. The molecule has 4 N–H and O–H groups in total. The van der Waals surface area contributed by atoms with Gasteiger partial charge in [0.05, 0.1) is 18.8 Å². The molecule has 2 rings (SSSR count). The maximum Gasteiger partial charge on any atom is 0.123 e. The predicted octanol–water partition coefficient (Wildman–Crippen LogP) is 0.739. The smallest absolute Gasteiger partial charge is 0.123 e. The molecular weight excluding hydrogens is 245 g/mol. The lowest BCUT2D eigenvalue weighted by atomic mass is 9.91. The maximum absolute atomic E-state index is 12.8. The topological polar surface area (TPSA) is 59.3 Å². The molecule has 1 aliphatic rings. The zero-order valence-electron chi connectivity index (χ0n) is 9.52. The van der Waals surface area contributed by atoms with Crippen molar-refractivity contribution < 1.29 is 9.13 Å². The second-order valence-electron chi connectivity index (χ2n) is 3.95. The van der Waals surface area contributed by atoms with E-state index >= 15 is 0 Å². The first-order chi connectivity index (χ1) is 7.72. The molecule has 0 aromatic heterocycles. The molecule has 0 saturated carbocycles. The first-order valence-corrected chi connectivity index (χ1v) is 5.23. The quantitative estimate of drug-likeness (QED) is 0.751. The molecule has 96 valence electrons. The lowest BCUT2D eigenvalue weighted by Gasteiger charge is -2.20. The summed E-state index contributed by atoms with van der Waals surface area (Å²) in [5.74, 6) is -0.153. The molecule has 0 radical (unpaired) electrons. The van der Waals surface area contributed by atoms with Crippen LogP contribution >= 0.6 is 12.4 Å². The number of benzene rings is 1. The van der Waals surface area contributed by atoms with Gasteiger partial charge in [-0.05, 0) is 17.7 Å². The van der Waals surface area contributed by atoms with Gasteiger partial charge in [-0.3, -0.25) is 5.43 Å². The van der Waals surface area contributed by atoms with Crippen LogP contribution in [-0.4, -0.2) is 25.9 Å². The first kappa shape index (κ1) is 14.3. The van der Waals surface area contributed by atoms with Gasteiger partial charge in [-0.15, -0.1) is 12.4 Å². The summed E-state index contributed by atoms with van der Waals surface area (Å²) in [5.41, 5.74) is 13.0. The third kappa shape index (κ3) is 3.14. The Balaban J connectivity index is 0.00000144. The minimum absolute atomic E-state index is 0. The Hall–Kier alpha value is -0.720. The van der Waals surface area contributed by atoms with Crippen LogP contribution in [0, 0.1) is 5.82 Å². The molecular formula is C11H17ClFN3O. The number of nitrogens with two attached hydrogens (primary N) is 1. The third-order valence-corrected chi connectivity index (χ3v) is 2.86. The van der Waals surface area contributed by atoms with Crippen LogP contribution in [0.3, 0.4) is 0 Å². The van der Waals surface area contributed by atoms with Crippen LogP contribution in [-0.2, 0) is 4.74 Å². The highest BCUT2D eigenvalue weighted by Crippen LogP contribution is 2.25. The van der Waals surface area contributed by atoms with Gasteiger partial charge in [0.15, 0.2) is 0 Å². The first-order valence-electron chi connectivity index (χ1n) is 5.23. The second kappa shape index (κ2) is 6.28. The van der Waals surface area contributed by atoms with E-state index in [1.165, 1.54) is 12.1 Å². The maximum atomic E-state index is 12.8. The van der Waals surface area contributed by atoms with Gasteiger partial charge in [-0.2, -0.15) is 0 Å². The summed E-state index contributed by atoms with van der Waals surface area (Å²) in [5, 5.41) is 0. The van der Waals surface area contributed by atoms with Gasteiger partial charge in [0.25, 0.3) is 0 Å². The lowest BCUT2D eigenvalue weighted by molar-refractivity contribution is 0.165. The van der Waals surface area contributed by atoms with Gasteiger partial charge in [0.1, 0.15) is 5.82 Å². The molecule has 1 aromatic rings. The van der Waals surface area contributed by atoms with Crippen LogP contribution in [0.4, 0.5) is 4.39 Å². The van der Waals surface area contributed by atoms with Gasteiger partial charge in [-0.1, -0.05) is 12.1 Å². The second-order valence-corrected chi connectivity index (χ2v) is 3.95. The van der Waals surface area contributed by atoms with Gasteiger partial charge in [-0.25, -0.2) is 9.82 Å². The van der Waals surface area contributed by atoms with E-state index in [2.05, 4.69) is 10.9 Å². The van der Waals surface area contributed by atoms with Crippen LogP contribution in [0.2, 0.25) is 0 Å². The fourth-order valence-corrected chi connectivity index (χ4v) is 2.08. The molecule has 3 atom stereocenters. The molecule has 0 aliphatic carbocycles. The standard InChI is InChI=1S/C11H16FN3O.ClH/c1-16-6-9-10(11(13)15-14-9)7-2-4-8(12)5-3-7;/h2-5,9-11,14-15H,6,13H2,1H3;1H. The van der Waals surface area contributed by atoms with E-state index in [0.29, 0.717) is 6.61 Å². The lowest BCUT2D eigenvalue weighted by Crippen LogP contribution is -2.38. The van der Waals surface area contributed by atoms with Crippen molar-refractivity contribution in [3.8, 4) is 0 Å². The SMILES string of the molecule is COCC1NNC(N)C1c1ccc(F)cc1.Cl. The summed E-state index contributed by atoms with van der Waals surface area (Å²) in [6.45, 7) is 0.558. The summed E-state index contributed by atoms with van der Waals surface area (Å²) < 4.78 is 17.9. The van der Waals surface area contributed by atoms with Crippen molar-refractivity contribution in [2.24, 2.45) is 5.73 Å². The van der Waals surface area contributed by atoms with E-state index in [4.69, 9.17) is 10.5 Å². The van der Waals surface area contributed by atoms with E-state index in [1.54, 1.807) is 19.2 Å². The van der Waals surface area contributed by atoms with Crippen molar-refractivity contribution in [1.29, 1.82) is 0 Å². The highest BCUT2D eigenvalue weighted by atomic mass is 35.5. The van der Waals surface area contributed by atoms with Crippen LogP contribution in [0.15, 0.2) is 24.3 Å². The summed E-state index contributed by atoms with van der Waals surface area (Å²) >= 11 is 0. The monoisotopic (exact) mass is 261 g/mol. The highest BCUT2D eigenvalue weighted by molar-refractivity contribution is 5.85. The van der Waals surface area contributed by atoms with Crippen molar-refractivity contribution in [1.82, 2.24) is 10.9 Å². The van der Waals surface area contributed by atoms with Crippen LogP contribution in [0.1, 0.15) is 11.5 Å². The Labute approximate surface area is 106 Å². The molecule has 1 fully saturated rings. The number of hydrogen-bond acceptors (Lipinski definition) is 4. The summed E-state index contributed by atoms with van der Waals surface area (Å²) in [7, 11) is 1.65. The van der Waals surface area contributed by atoms with E-state index < -0.39 is 0 Å². The number of hydrazine groups is 1. The van der Waals surface area contributed by atoms with Crippen molar-refractivity contribution >= 4 is 12.4 Å². The number of hydrogen-bond donors (Lipinski definition) is 3. The third-order valence-electron chi connectivity index (χ3n) is 2.86. The van der Waals surface area contributed by atoms with Crippen LogP contribution in [0.5, 0.6) is 0 Å². The molecule has 0 spiro atoms. The number of ether oxygens (including phenoxy) is 1. The summed E-state index contributed by atoms with van der Waals surface area (Å²) in [6, 6.07) is 6.52. The Morgan fingerprint density at radius 1 is 1.29 bits per heavy atom. The Kier molecular flexibility index (Phi) is 5.30. The van der Waals surface area contributed by atoms with Gasteiger partial charge < -0.3 is 10.5 Å². The van der Waals surface area contributed by atoms with Crippen molar-refractivity contribution in [2.75, 3.05) is 13.7 Å². The molecule has 1 aliphatic heterocycles. The van der Waals surface area contributed by atoms with Crippen LogP contribution < -0.4 is 16.6 Å². The number of halogens is 2. The van der Waals surface area contributed by atoms with Crippen molar-refractivity contribution in [3.05, 3.63) is 35.6 Å². The minimum atomic E-state index is -0.237. The van der Waals surface area contributed by atoms with Gasteiger partial charge in [0, 0.05) is 13.0 Å².